The van der Waals surface area contributed by atoms with Gasteiger partial charge in [0.1, 0.15) is 53.4 Å². The van der Waals surface area contributed by atoms with E-state index in [1.165, 1.54) is 59.5 Å². The van der Waals surface area contributed by atoms with E-state index in [1.54, 1.807) is 30.3 Å². The number of amides is 1. The van der Waals surface area contributed by atoms with Crippen molar-refractivity contribution in [3.05, 3.63) is 114 Å². The molecule has 4 aromatic carbocycles. The van der Waals surface area contributed by atoms with Crippen molar-refractivity contribution < 1.29 is 97.1 Å². The molecule has 342 valence electrons. The number of carboxylic acids is 2. The summed E-state index contributed by atoms with van der Waals surface area (Å²) < 4.78 is 63.5. The summed E-state index contributed by atoms with van der Waals surface area (Å²) in [5.74, 6) is -5.70. The summed E-state index contributed by atoms with van der Waals surface area (Å²) in [5, 5.41) is 80.9. The molecule has 23 heteroatoms. The van der Waals surface area contributed by atoms with E-state index < -0.39 is 127 Å². The maximum absolute atomic E-state index is 14.7. The largest absolute Gasteiger partial charge is 0.479 e. The van der Waals surface area contributed by atoms with Crippen molar-refractivity contribution in [2.45, 2.75) is 78.8 Å². The van der Waals surface area contributed by atoms with E-state index in [2.05, 4.69) is 0 Å². The fourth-order valence-electron chi connectivity index (χ4n) is 7.55. The normalized spacial score (nSPS) is 30.5. The van der Waals surface area contributed by atoms with Crippen molar-refractivity contribution in [1.82, 2.24) is 0 Å². The fourth-order valence-corrected chi connectivity index (χ4v) is 9.76. The average molecular weight is 934 g/mol. The van der Waals surface area contributed by atoms with E-state index >= 15 is 0 Å². The summed E-state index contributed by atoms with van der Waals surface area (Å²) in [7, 11) is -7.00. The Hall–Kier alpha value is -5.04. The standard InChI is InChI=1S/C41H41FNO19PS/c42-21-11-6-19(7-12-21)26(60-41-33(49)29(45)31(47)35(62-41)39(53)54)17-64(58)36-27(43(37(36)50)22-4-2-1-3-5-22)24-15-10-20(18-8-13-23(14-9-18)63(55,56)57)16-25(24)59-40-32(48)28(44)30(46)34(61-40)38(51)52/h1-16,26-36,40-41,44-49H,17H2,(H,51,52)(H,53,54)(H2,55,56,57)/t26-,27+,28?,29-,30?,31+,32?,33?,34?,35?,36+,40+,41+,64?/m0/s1. The molecule has 0 bridgehead atoms. The molecule has 14 atom stereocenters. The number of β-lactam (4-membered cyclic amide) rings is 1. The molecule has 0 aliphatic carbocycles. The number of rotatable bonds is 14. The van der Waals surface area contributed by atoms with Crippen LogP contribution in [0.25, 0.3) is 11.1 Å². The minimum absolute atomic E-state index is 0.0624. The minimum atomic E-state index is -4.65. The number of anilines is 1. The van der Waals surface area contributed by atoms with Crippen LogP contribution < -0.4 is 14.9 Å². The molecular weight excluding hydrogens is 892 g/mol. The number of ether oxygens (including phenoxy) is 4. The highest BCUT2D eigenvalue weighted by molar-refractivity contribution is 7.86. The molecule has 1 amide bonds. The van der Waals surface area contributed by atoms with Crippen LogP contribution in [0.1, 0.15) is 23.3 Å². The van der Waals surface area contributed by atoms with Gasteiger partial charge in [-0.3, -0.25) is 13.6 Å². The Morgan fingerprint density at radius 1 is 0.734 bits per heavy atom. The number of halogens is 1. The Bertz CT molecular complexity index is 2430. The van der Waals surface area contributed by atoms with Crippen LogP contribution in [0, 0.1) is 5.82 Å². The first kappa shape index (κ1) is 46.9. The molecule has 3 aliphatic rings. The van der Waals surface area contributed by atoms with Crippen molar-refractivity contribution in [3.63, 3.8) is 0 Å². The lowest BCUT2D eigenvalue weighted by atomic mass is 9.90. The molecule has 3 fully saturated rings. The Morgan fingerprint density at radius 2 is 1.28 bits per heavy atom. The van der Waals surface area contributed by atoms with Gasteiger partial charge in [0.05, 0.1) is 23.2 Å². The van der Waals surface area contributed by atoms with Crippen molar-refractivity contribution in [1.29, 1.82) is 0 Å². The number of aliphatic hydroxyl groups excluding tert-OH is 6. The molecule has 3 saturated heterocycles. The van der Waals surface area contributed by atoms with Crippen molar-refractivity contribution >= 4 is 47.2 Å². The van der Waals surface area contributed by atoms with Crippen LogP contribution in [0.3, 0.4) is 0 Å². The number of para-hydroxylation sites is 1. The third-order valence-corrected chi connectivity index (χ3v) is 13.6. The smallest absolute Gasteiger partial charge is 0.356 e. The zero-order valence-corrected chi connectivity index (χ0v) is 34.5. The van der Waals surface area contributed by atoms with Crippen LogP contribution in [0.4, 0.5) is 10.1 Å². The first-order valence-electron chi connectivity index (χ1n) is 19.2. The van der Waals surface area contributed by atoms with E-state index in [4.69, 9.17) is 18.9 Å². The molecule has 0 spiro atoms. The summed E-state index contributed by atoms with van der Waals surface area (Å²) in [5.41, 5.74) is 1.12. The topological polar surface area (TPSA) is 328 Å². The molecule has 7 unspecified atom stereocenters. The molecule has 3 heterocycles. The van der Waals surface area contributed by atoms with Crippen molar-refractivity contribution in [2.24, 2.45) is 0 Å². The molecule has 3 aliphatic heterocycles. The highest BCUT2D eigenvalue weighted by atomic mass is 32.2. The second kappa shape index (κ2) is 18.8. The van der Waals surface area contributed by atoms with Gasteiger partial charge in [-0.15, -0.1) is 0 Å². The van der Waals surface area contributed by atoms with Gasteiger partial charge in [0.25, 0.3) is 0 Å². The first-order valence-corrected chi connectivity index (χ1v) is 22.2. The van der Waals surface area contributed by atoms with Crippen LogP contribution >= 0.6 is 7.60 Å². The van der Waals surface area contributed by atoms with Crippen LogP contribution in [-0.4, -0.2) is 145 Å². The summed E-state index contributed by atoms with van der Waals surface area (Å²) in [6, 6.07) is 20.7. The Labute approximate surface area is 363 Å². The molecule has 4 aromatic rings. The molecule has 20 nitrogen and oxygen atoms in total. The maximum Gasteiger partial charge on any atom is 0.356 e. The molecule has 7 rings (SSSR count). The number of nitrogens with zero attached hydrogens (tertiary/aromatic N) is 1. The first-order chi connectivity index (χ1) is 30.3. The lowest BCUT2D eigenvalue weighted by Crippen LogP contribution is -2.62. The molecule has 10 N–H and O–H groups in total. The van der Waals surface area contributed by atoms with Gasteiger partial charge in [-0.05, 0) is 59.2 Å². The number of aliphatic carboxylic acids is 2. The van der Waals surface area contributed by atoms with Gasteiger partial charge >= 0.3 is 19.5 Å². The quantitative estimate of drug-likeness (QED) is 0.0559. The van der Waals surface area contributed by atoms with E-state index in [0.717, 1.165) is 12.1 Å². The van der Waals surface area contributed by atoms with E-state index in [1.807, 2.05) is 0 Å². The zero-order chi connectivity index (χ0) is 46.4. The summed E-state index contributed by atoms with van der Waals surface area (Å²) >= 11 is 0. The number of hydrogen-bond donors (Lipinski definition) is 10. The number of carbonyl (C=O) groups is 3. The summed E-state index contributed by atoms with van der Waals surface area (Å²) in [6.07, 6.45) is -22.0. The van der Waals surface area contributed by atoms with E-state index in [9.17, 15) is 78.2 Å². The molecule has 0 aromatic heterocycles. The van der Waals surface area contributed by atoms with Gasteiger partial charge in [-0.25, -0.2) is 14.0 Å². The van der Waals surface area contributed by atoms with Gasteiger partial charge in [0, 0.05) is 22.1 Å². The van der Waals surface area contributed by atoms with Gasteiger partial charge < -0.3 is 74.5 Å². The van der Waals surface area contributed by atoms with Gasteiger partial charge in [0.2, 0.25) is 12.2 Å². The minimum Gasteiger partial charge on any atom is -0.479 e. The monoisotopic (exact) mass is 933 g/mol. The number of hydrogen-bond acceptors (Lipinski definition) is 15. The molecule has 0 radical (unpaired) electrons. The molecular formula is C41H41FNO19PS. The number of carboxylic acid groups (broad SMARTS) is 2. The molecule has 0 saturated carbocycles. The second-order valence-electron chi connectivity index (χ2n) is 15.1. The summed E-state index contributed by atoms with van der Waals surface area (Å²) in [6.45, 7) is 0. The fraction of sp³-hybridized carbons (Fsp3) is 0.341. The van der Waals surface area contributed by atoms with Gasteiger partial charge in [-0.2, -0.15) is 0 Å². The highest BCUT2D eigenvalue weighted by Crippen LogP contribution is 2.47. The van der Waals surface area contributed by atoms with E-state index in [-0.39, 0.29) is 22.2 Å². The van der Waals surface area contributed by atoms with Crippen LogP contribution in [0.5, 0.6) is 5.75 Å². The van der Waals surface area contributed by atoms with Crippen LogP contribution in [-0.2, 0) is 44.0 Å². The number of benzene rings is 4. The Kier molecular flexibility index (Phi) is 13.8. The average Bonchev–Trinajstić information content (AvgIpc) is 3.25. The van der Waals surface area contributed by atoms with Gasteiger partial charge in [-0.1, -0.05) is 54.6 Å². The predicted octanol–water partition coefficient (Wildman–Crippen LogP) is -0.578. The van der Waals surface area contributed by atoms with E-state index in [0.29, 0.717) is 16.8 Å². The highest BCUT2D eigenvalue weighted by Gasteiger charge is 2.55. The van der Waals surface area contributed by atoms with Crippen LogP contribution in [0.2, 0.25) is 0 Å². The lowest BCUT2D eigenvalue weighted by Gasteiger charge is -2.47. The maximum atomic E-state index is 14.7. The summed E-state index contributed by atoms with van der Waals surface area (Å²) in [4.78, 5) is 58.7. The Morgan fingerprint density at radius 3 is 1.84 bits per heavy atom. The SMILES string of the molecule is O=C(O)C1O[C@@H](Oc2cc(-c3ccc(P(=O)(O)O)cc3)ccc2[C@@H]2[C@@H](S(=O)C[C@H](O[C@@H]3OC(C(=O)O)[C@H](O)[C@H](O)C3O)c3ccc(F)cc3)C(=O)N2c2ccccc2)C(O)C(O)C1O. The second-order valence-corrected chi connectivity index (χ2v) is 18.3. The third-order valence-electron chi connectivity index (χ3n) is 11.0. The zero-order valence-electron chi connectivity index (χ0n) is 32.8. The number of carbonyl (C=O) groups excluding carboxylic acids is 1. The Balaban J connectivity index is 1.30. The molecule has 64 heavy (non-hydrogen) atoms. The third kappa shape index (κ3) is 9.37. The van der Waals surface area contributed by atoms with Crippen LogP contribution in [0.15, 0.2) is 97.1 Å². The van der Waals surface area contributed by atoms with Gasteiger partial charge in [0.15, 0.2) is 18.5 Å². The predicted molar refractivity (Wildman–Crippen MR) is 217 cm³/mol. The lowest BCUT2D eigenvalue weighted by molar-refractivity contribution is -0.303. The van der Waals surface area contributed by atoms with Crippen molar-refractivity contribution in [3.8, 4) is 16.9 Å². The van der Waals surface area contributed by atoms with Crippen molar-refractivity contribution in [2.75, 3.05) is 10.7 Å². The number of aliphatic hydroxyl groups is 6.